The number of anilines is 1. The Kier molecular flexibility index (Phi) is 3.19. The number of para-hydroxylation sites is 2. The predicted molar refractivity (Wildman–Crippen MR) is 72.4 cm³/mol. The van der Waals surface area contributed by atoms with Crippen LogP contribution in [0.25, 0.3) is 11.0 Å². The smallest absolute Gasteiger partial charge is 0.206 e. The molecule has 0 saturated heterocycles. The molecule has 0 amide bonds. The van der Waals surface area contributed by atoms with Gasteiger partial charge in [-0.15, -0.1) is 0 Å². The van der Waals surface area contributed by atoms with E-state index in [0.29, 0.717) is 4.83 Å². The van der Waals surface area contributed by atoms with Gasteiger partial charge in [-0.1, -0.05) is 35.0 Å². The summed E-state index contributed by atoms with van der Waals surface area (Å²) in [7, 11) is 4.12. The molecule has 2 aromatic rings. The highest BCUT2D eigenvalue weighted by Crippen LogP contribution is 2.20. The minimum absolute atomic E-state index is 0.456. The number of alkyl halides is 1. The van der Waals surface area contributed by atoms with Crippen molar-refractivity contribution in [3.05, 3.63) is 24.3 Å². The van der Waals surface area contributed by atoms with Crippen molar-refractivity contribution >= 4 is 32.9 Å². The Morgan fingerprint density at radius 3 is 2.75 bits per heavy atom. The van der Waals surface area contributed by atoms with Gasteiger partial charge in [0.25, 0.3) is 0 Å². The summed E-state index contributed by atoms with van der Waals surface area (Å²) in [6.45, 7) is 3.08. The van der Waals surface area contributed by atoms with Crippen LogP contribution >= 0.6 is 15.9 Å². The predicted octanol–water partition coefficient (Wildman–Crippen LogP) is 2.79. The van der Waals surface area contributed by atoms with Crippen molar-refractivity contribution in [3.8, 4) is 0 Å². The first-order valence-electron chi connectivity index (χ1n) is 5.36. The molecule has 3 nitrogen and oxygen atoms in total. The minimum atomic E-state index is 0.456. The Balaban J connectivity index is 2.41. The number of nitrogens with zero attached hydrogens (tertiary/aromatic N) is 3. The molecular weight excluding hydrogens is 266 g/mol. The molecule has 16 heavy (non-hydrogen) atoms. The van der Waals surface area contributed by atoms with Gasteiger partial charge >= 0.3 is 0 Å². The van der Waals surface area contributed by atoms with E-state index in [2.05, 4.69) is 57.5 Å². The lowest BCUT2D eigenvalue weighted by Crippen LogP contribution is -2.26. The van der Waals surface area contributed by atoms with Crippen LogP contribution in [-0.2, 0) is 7.05 Å². The van der Waals surface area contributed by atoms with E-state index >= 15 is 0 Å². The van der Waals surface area contributed by atoms with Crippen LogP contribution < -0.4 is 4.90 Å². The van der Waals surface area contributed by atoms with Crippen molar-refractivity contribution < 1.29 is 0 Å². The number of hydrogen-bond acceptors (Lipinski definition) is 2. The van der Waals surface area contributed by atoms with E-state index in [1.54, 1.807) is 0 Å². The second kappa shape index (κ2) is 4.45. The highest BCUT2D eigenvalue weighted by atomic mass is 79.9. The van der Waals surface area contributed by atoms with Gasteiger partial charge in [0.15, 0.2) is 0 Å². The summed E-state index contributed by atoms with van der Waals surface area (Å²) in [6.07, 6.45) is 0. The van der Waals surface area contributed by atoms with Crippen LogP contribution in [0, 0.1) is 0 Å². The first kappa shape index (κ1) is 11.5. The summed E-state index contributed by atoms with van der Waals surface area (Å²) in [5.74, 6) is 1.01. The molecule has 0 spiro atoms. The molecule has 2 rings (SSSR count). The maximum atomic E-state index is 4.63. The summed E-state index contributed by atoms with van der Waals surface area (Å²) in [6, 6.07) is 8.20. The lowest BCUT2D eigenvalue weighted by atomic mass is 10.3. The molecule has 0 aliphatic rings. The van der Waals surface area contributed by atoms with Gasteiger partial charge < -0.3 is 9.47 Å². The van der Waals surface area contributed by atoms with Crippen LogP contribution in [0.15, 0.2) is 24.3 Å². The molecule has 1 aromatic carbocycles. The van der Waals surface area contributed by atoms with E-state index in [1.807, 2.05) is 18.2 Å². The topological polar surface area (TPSA) is 21.1 Å². The summed E-state index contributed by atoms with van der Waals surface area (Å²) in [4.78, 5) is 7.26. The van der Waals surface area contributed by atoms with Gasteiger partial charge in [-0.3, -0.25) is 0 Å². The van der Waals surface area contributed by atoms with Crippen LogP contribution in [0.3, 0.4) is 0 Å². The van der Waals surface area contributed by atoms with E-state index in [-0.39, 0.29) is 0 Å². The highest BCUT2D eigenvalue weighted by Gasteiger charge is 2.12. The van der Waals surface area contributed by atoms with Gasteiger partial charge in [0.2, 0.25) is 5.95 Å². The molecule has 0 radical (unpaired) electrons. The number of hydrogen-bond donors (Lipinski definition) is 0. The standard InChI is InChI=1S/C12H16BrN3/c1-9(13)8-15(2)12-14-10-6-4-5-7-11(10)16(12)3/h4-7,9H,8H2,1-3H3. The zero-order chi connectivity index (χ0) is 11.7. The van der Waals surface area contributed by atoms with Crippen LogP contribution in [0.4, 0.5) is 5.95 Å². The summed E-state index contributed by atoms with van der Waals surface area (Å²) < 4.78 is 2.13. The van der Waals surface area contributed by atoms with Gasteiger partial charge in [0.1, 0.15) is 0 Å². The third-order valence-corrected chi connectivity index (χ3v) is 2.92. The largest absolute Gasteiger partial charge is 0.344 e. The second-order valence-corrected chi connectivity index (χ2v) is 5.68. The quantitative estimate of drug-likeness (QED) is 0.807. The third kappa shape index (κ3) is 2.07. The first-order chi connectivity index (χ1) is 7.59. The molecule has 1 heterocycles. The molecule has 0 bridgehead atoms. The van der Waals surface area contributed by atoms with Crippen molar-refractivity contribution in [2.45, 2.75) is 11.8 Å². The van der Waals surface area contributed by atoms with Gasteiger partial charge in [0, 0.05) is 25.5 Å². The van der Waals surface area contributed by atoms with E-state index in [4.69, 9.17) is 0 Å². The van der Waals surface area contributed by atoms with Crippen LogP contribution in [0.5, 0.6) is 0 Å². The minimum Gasteiger partial charge on any atom is -0.344 e. The molecule has 1 atom stereocenters. The Morgan fingerprint density at radius 2 is 2.12 bits per heavy atom. The number of imidazole rings is 1. The van der Waals surface area contributed by atoms with Crippen molar-refractivity contribution in [2.24, 2.45) is 7.05 Å². The summed E-state index contributed by atoms with van der Waals surface area (Å²) in [5.41, 5.74) is 2.22. The average molecular weight is 282 g/mol. The number of halogens is 1. The van der Waals surface area contributed by atoms with Gasteiger partial charge in [-0.2, -0.15) is 0 Å². The lowest BCUT2D eigenvalue weighted by Gasteiger charge is -2.19. The van der Waals surface area contributed by atoms with E-state index in [9.17, 15) is 0 Å². The Bertz CT molecular complexity index is 490. The number of aromatic nitrogens is 2. The number of rotatable bonds is 3. The van der Waals surface area contributed by atoms with Crippen molar-refractivity contribution in [3.63, 3.8) is 0 Å². The first-order valence-corrected chi connectivity index (χ1v) is 6.28. The van der Waals surface area contributed by atoms with Gasteiger partial charge in [-0.25, -0.2) is 4.98 Å². The van der Waals surface area contributed by atoms with Gasteiger partial charge in [0.05, 0.1) is 11.0 Å². The number of benzene rings is 1. The molecule has 86 valence electrons. The molecule has 1 unspecified atom stereocenters. The monoisotopic (exact) mass is 281 g/mol. The molecule has 1 aromatic heterocycles. The zero-order valence-corrected chi connectivity index (χ0v) is 11.4. The molecule has 0 saturated carbocycles. The van der Waals surface area contributed by atoms with Crippen molar-refractivity contribution in [1.82, 2.24) is 9.55 Å². The zero-order valence-electron chi connectivity index (χ0n) is 9.81. The Morgan fingerprint density at radius 1 is 1.44 bits per heavy atom. The van der Waals surface area contributed by atoms with Crippen LogP contribution in [0.1, 0.15) is 6.92 Å². The maximum absolute atomic E-state index is 4.63. The van der Waals surface area contributed by atoms with E-state index < -0.39 is 0 Å². The second-order valence-electron chi connectivity index (χ2n) is 4.12. The fourth-order valence-electron chi connectivity index (χ4n) is 1.93. The van der Waals surface area contributed by atoms with E-state index in [0.717, 1.165) is 18.0 Å². The molecule has 0 aliphatic heterocycles. The van der Waals surface area contributed by atoms with Crippen molar-refractivity contribution in [2.75, 3.05) is 18.5 Å². The number of aryl methyl sites for hydroxylation is 1. The highest BCUT2D eigenvalue weighted by molar-refractivity contribution is 9.09. The average Bonchev–Trinajstić information content (AvgIpc) is 2.56. The van der Waals surface area contributed by atoms with E-state index in [1.165, 1.54) is 5.52 Å². The number of fused-ring (bicyclic) bond motifs is 1. The Labute approximate surface area is 104 Å². The molecule has 0 fully saturated rings. The molecule has 0 N–H and O–H groups in total. The van der Waals surface area contributed by atoms with Crippen molar-refractivity contribution in [1.29, 1.82) is 0 Å². The molecule has 0 aliphatic carbocycles. The SMILES string of the molecule is CC(Br)CN(C)c1nc2ccccc2n1C. The fraction of sp³-hybridized carbons (Fsp3) is 0.417. The summed E-state index contributed by atoms with van der Waals surface area (Å²) in [5, 5.41) is 0. The normalized spacial score (nSPS) is 13.0. The maximum Gasteiger partial charge on any atom is 0.206 e. The lowest BCUT2D eigenvalue weighted by molar-refractivity contribution is 0.803. The molecule has 4 heteroatoms. The summed E-state index contributed by atoms with van der Waals surface area (Å²) >= 11 is 3.56. The van der Waals surface area contributed by atoms with Crippen LogP contribution in [0.2, 0.25) is 0 Å². The Hall–Kier alpha value is -1.03. The third-order valence-electron chi connectivity index (χ3n) is 2.63. The molecular formula is C12H16BrN3. The van der Waals surface area contributed by atoms with Crippen LogP contribution in [-0.4, -0.2) is 28.0 Å². The fourth-order valence-corrected chi connectivity index (χ4v) is 2.37. The van der Waals surface area contributed by atoms with Gasteiger partial charge in [-0.05, 0) is 12.1 Å².